The van der Waals surface area contributed by atoms with Crippen molar-refractivity contribution in [3.05, 3.63) is 36.2 Å². The first-order valence-electron chi connectivity index (χ1n) is 8.99. The van der Waals surface area contributed by atoms with Gasteiger partial charge in [-0.25, -0.2) is 4.79 Å². The molecule has 2 aromatic rings. The molecule has 2 heterocycles. The number of hydrogen-bond donors (Lipinski definition) is 1. The van der Waals surface area contributed by atoms with Gasteiger partial charge in [0.25, 0.3) is 0 Å². The highest BCUT2D eigenvalue weighted by Gasteiger charge is 2.39. The van der Waals surface area contributed by atoms with Gasteiger partial charge >= 0.3 is 6.03 Å². The van der Waals surface area contributed by atoms with Gasteiger partial charge in [-0.15, -0.1) is 10.2 Å². The average molecular weight is 358 g/mol. The molecule has 1 fully saturated rings. The summed E-state index contributed by atoms with van der Waals surface area (Å²) in [6, 6.07) is 9.63. The first-order valence-corrected chi connectivity index (χ1v) is 8.99. The fraction of sp³-hybridized carbons (Fsp3) is 0.526. The zero-order chi connectivity index (χ0) is 18.5. The molecule has 1 saturated heterocycles. The zero-order valence-corrected chi connectivity index (χ0v) is 15.5. The number of carbonyl (C=O) groups is 1. The maximum absolute atomic E-state index is 12.4. The van der Waals surface area contributed by atoms with Crippen LogP contribution in [-0.4, -0.2) is 54.5 Å². The molecule has 0 radical (unpaired) electrons. The van der Waals surface area contributed by atoms with Gasteiger partial charge in [0, 0.05) is 38.2 Å². The summed E-state index contributed by atoms with van der Waals surface area (Å²) in [5.41, 5.74) is 0.888. The monoisotopic (exact) mass is 358 g/mol. The van der Waals surface area contributed by atoms with E-state index in [1.807, 2.05) is 35.2 Å². The number of benzene rings is 1. The third-order valence-electron chi connectivity index (χ3n) is 4.55. The highest BCUT2D eigenvalue weighted by molar-refractivity contribution is 5.74. The third kappa shape index (κ3) is 4.22. The molecule has 0 unspecified atom stereocenters. The minimum absolute atomic E-state index is 0.0234. The highest BCUT2D eigenvalue weighted by atomic mass is 16.5. The third-order valence-corrected chi connectivity index (χ3v) is 4.55. The summed E-state index contributed by atoms with van der Waals surface area (Å²) in [6.07, 6.45) is 0. The molecule has 26 heavy (non-hydrogen) atoms. The van der Waals surface area contributed by atoms with Crippen LogP contribution in [0.4, 0.5) is 4.79 Å². The van der Waals surface area contributed by atoms with E-state index in [4.69, 9.17) is 9.15 Å². The van der Waals surface area contributed by atoms with Crippen LogP contribution < -0.4 is 5.32 Å². The lowest BCUT2D eigenvalue weighted by Crippen LogP contribution is -2.40. The lowest BCUT2D eigenvalue weighted by Gasteiger charge is -2.18. The molecular weight excluding hydrogens is 332 g/mol. The Morgan fingerprint density at radius 1 is 1.31 bits per heavy atom. The summed E-state index contributed by atoms with van der Waals surface area (Å²) < 4.78 is 11.3. The Morgan fingerprint density at radius 2 is 2.08 bits per heavy atom. The van der Waals surface area contributed by atoms with Crippen LogP contribution in [0, 0.1) is 11.8 Å². The van der Waals surface area contributed by atoms with Gasteiger partial charge in [0.2, 0.25) is 11.8 Å². The summed E-state index contributed by atoms with van der Waals surface area (Å²) in [4.78, 5) is 14.2. The number of nitrogens with zero attached hydrogens (tertiary/aromatic N) is 3. The van der Waals surface area contributed by atoms with Gasteiger partial charge in [0.1, 0.15) is 0 Å². The second kappa shape index (κ2) is 8.31. The number of ether oxygens (including phenoxy) is 1. The molecule has 7 nitrogen and oxygen atoms in total. The van der Waals surface area contributed by atoms with Crippen LogP contribution in [0.15, 0.2) is 34.7 Å². The van der Waals surface area contributed by atoms with Gasteiger partial charge in [0.15, 0.2) is 0 Å². The molecule has 1 aromatic heterocycles. The van der Waals surface area contributed by atoms with Crippen LogP contribution in [-0.2, 0) is 4.74 Å². The van der Waals surface area contributed by atoms with Gasteiger partial charge in [-0.1, -0.05) is 32.0 Å². The Hall–Kier alpha value is -2.41. The molecule has 1 aliphatic heterocycles. The minimum Gasteiger partial charge on any atom is -0.420 e. The molecule has 0 saturated carbocycles. The van der Waals surface area contributed by atoms with Crippen molar-refractivity contribution in [3.8, 4) is 11.5 Å². The van der Waals surface area contributed by atoms with Crippen LogP contribution >= 0.6 is 0 Å². The number of urea groups is 1. The number of carbonyl (C=O) groups excluding carboxylic acids is 1. The van der Waals surface area contributed by atoms with Gasteiger partial charge < -0.3 is 19.4 Å². The molecule has 1 N–H and O–H groups in total. The van der Waals surface area contributed by atoms with E-state index in [-0.39, 0.29) is 17.9 Å². The highest BCUT2D eigenvalue weighted by Crippen LogP contribution is 2.33. The number of likely N-dealkylation sites (tertiary alicyclic amines) is 1. The summed E-state index contributed by atoms with van der Waals surface area (Å²) in [7, 11) is 1.67. The fourth-order valence-electron chi connectivity index (χ4n) is 3.18. The number of nitrogens with one attached hydrogen (secondary N) is 1. The van der Waals surface area contributed by atoms with E-state index in [0.717, 1.165) is 5.56 Å². The van der Waals surface area contributed by atoms with Crippen LogP contribution in [0.2, 0.25) is 0 Å². The Balaban J connectivity index is 1.73. The smallest absolute Gasteiger partial charge is 0.317 e. The SMILES string of the molecule is COC[C@@H]1CN(C(=O)NCC(C)C)C[C@H]1c1nnc(-c2ccccc2)o1. The van der Waals surface area contributed by atoms with Gasteiger partial charge in [0.05, 0.1) is 12.5 Å². The molecule has 0 aliphatic carbocycles. The Kier molecular flexibility index (Phi) is 5.88. The first kappa shape index (κ1) is 18.4. The molecule has 7 heteroatoms. The number of rotatable bonds is 6. The molecule has 2 amide bonds. The summed E-state index contributed by atoms with van der Waals surface area (Å²) in [5, 5.41) is 11.4. The molecule has 140 valence electrons. The lowest BCUT2D eigenvalue weighted by atomic mass is 9.97. The predicted octanol–water partition coefficient (Wildman–Crippen LogP) is 2.76. The van der Waals surface area contributed by atoms with E-state index < -0.39 is 0 Å². The fourth-order valence-corrected chi connectivity index (χ4v) is 3.18. The van der Waals surface area contributed by atoms with Crippen molar-refractivity contribution in [1.29, 1.82) is 0 Å². The Labute approximate surface area is 153 Å². The van der Waals surface area contributed by atoms with Crippen molar-refractivity contribution in [3.63, 3.8) is 0 Å². The molecule has 0 bridgehead atoms. The van der Waals surface area contributed by atoms with E-state index in [1.54, 1.807) is 7.11 Å². The summed E-state index contributed by atoms with van der Waals surface area (Å²) >= 11 is 0. The molecular formula is C19H26N4O3. The van der Waals surface area contributed by atoms with E-state index in [2.05, 4.69) is 29.4 Å². The minimum atomic E-state index is -0.0508. The maximum atomic E-state index is 12.4. The number of amides is 2. The van der Waals surface area contributed by atoms with E-state index in [0.29, 0.717) is 43.9 Å². The van der Waals surface area contributed by atoms with Crippen molar-refractivity contribution in [2.75, 3.05) is 33.4 Å². The van der Waals surface area contributed by atoms with Crippen LogP contribution in [0.5, 0.6) is 0 Å². The maximum Gasteiger partial charge on any atom is 0.317 e. The standard InChI is InChI=1S/C19H26N4O3/c1-13(2)9-20-19(24)23-10-15(12-25-3)16(11-23)18-22-21-17(26-18)14-7-5-4-6-8-14/h4-8,13,15-16H,9-12H2,1-3H3,(H,20,24)/t15-,16+/m0/s1. The molecule has 0 spiro atoms. The topological polar surface area (TPSA) is 80.5 Å². The summed E-state index contributed by atoms with van der Waals surface area (Å²) in [5.74, 6) is 1.58. The lowest BCUT2D eigenvalue weighted by molar-refractivity contribution is 0.144. The van der Waals surface area contributed by atoms with Crippen molar-refractivity contribution < 1.29 is 13.9 Å². The average Bonchev–Trinajstić information content (AvgIpc) is 3.28. The second-order valence-electron chi connectivity index (χ2n) is 7.12. The van der Waals surface area contributed by atoms with E-state index >= 15 is 0 Å². The van der Waals surface area contributed by atoms with E-state index in [9.17, 15) is 4.79 Å². The van der Waals surface area contributed by atoms with Crippen LogP contribution in [0.3, 0.4) is 0 Å². The normalized spacial score (nSPS) is 19.9. The number of aromatic nitrogens is 2. The Bertz CT molecular complexity index is 717. The van der Waals surface area contributed by atoms with Crippen LogP contribution in [0.25, 0.3) is 11.5 Å². The zero-order valence-electron chi connectivity index (χ0n) is 15.5. The largest absolute Gasteiger partial charge is 0.420 e. The molecule has 2 atom stereocenters. The second-order valence-corrected chi connectivity index (χ2v) is 7.12. The number of hydrogen-bond acceptors (Lipinski definition) is 5. The van der Waals surface area contributed by atoms with Gasteiger partial charge in [-0.3, -0.25) is 0 Å². The van der Waals surface area contributed by atoms with Crippen molar-refractivity contribution in [2.24, 2.45) is 11.8 Å². The van der Waals surface area contributed by atoms with E-state index in [1.165, 1.54) is 0 Å². The van der Waals surface area contributed by atoms with Gasteiger partial charge in [-0.2, -0.15) is 0 Å². The molecule has 3 rings (SSSR count). The first-order chi connectivity index (χ1) is 12.6. The Morgan fingerprint density at radius 3 is 2.77 bits per heavy atom. The van der Waals surface area contributed by atoms with Crippen molar-refractivity contribution in [2.45, 2.75) is 19.8 Å². The van der Waals surface area contributed by atoms with Crippen molar-refractivity contribution >= 4 is 6.03 Å². The quantitative estimate of drug-likeness (QED) is 0.859. The van der Waals surface area contributed by atoms with Crippen LogP contribution in [0.1, 0.15) is 25.7 Å². The predicted molar refractivity (Wildman–Crippen MR) is 97.7 cm³/mol. The van der Waals surface area contributed by atoms with Crippen molar-refractivity contribution in [1.82, 2.24) is 20.4 Å². The summed E-state index contributed by atoms with van der Waals surface area (Å²) in [6.45, 7) is 6.52. The molecule has 1 aliphatic rings. The van der Waals surface area contributed by atoms with Gasteiger partial charge in [-0.05, 0) is 18.1 Å². The number of methoxy groups -OCH3 is 1. The molecule has 1 aromatic carbocycles.